The molecule has 0 aliphatic heterocycles. The molecule has 0 aromatic heterocycles. The van der Waals surface area contributed by atoms with Gasteiger partial charge in [0.25, 0.3) is 0 Å². The molecule has 18 heavy (non-hydrogen) atoms. The topological polar surface area (TPSA) is 52.5 Å². The SMILES string of the molecule is C=CC(O)(O)N[C@H](C)CCCCCCCCCC. The van der Waals surface area contributed by atoms with Gasteiger partial charge in [-0.3, -0.25) is 5.32 Å². The first-order valence-electron chi connectivity index (χ1n) is 7.38. The standard InChI is InChI=1S/C15H31NO2/c1-4-6-7-8-9-10-11-12-13-14(3)16-15(17,18)5-2/h5,14,16-18H,2,4,6-13H2,1,3H3/t14-/m1/s1. The van der Waals surface area contributed by atoms with Crippen LogP contribution in [0, 0.1) is 0 Å². The third-order valence-corrected chi connectivity index (χ3v) is 3.23. The number of hydrogen-bond donors (Lipinski definition) is 3. The predicted octanol–water partition coefficient (Wildman–Crippen LogP) is 3.32. The quantitative estimate of drug-likeness (QED) is 0.285. The van der Waals surface area contributed by atoms with Gasteiger partial charge < -0.3 is 10.2 Å². The molecule has 0 saturated heterocycles. The van der Waals surface area contributed by atoms with Crippen LogP contribution in [0.5, 0.6) is 0 Å². The van der Waals surface area contributed by atoms with Gasteiger partial charge >= 0.3 is 0 Å². The summed E-state index contributed by atoms with van der Waals surface area (Å²) in [5.41, 5.74) is 0. The molecule has 0 aliphatic rings. The van der Waals surface area contributed by atoms with Gasteiger partial charge in [0.1, 0.15) is 0 Å². The summed E-state index contributed by atoms with van der Waals surface area (Å²) in [6, 6.07) is 0.0955. The lowest BCUT2D eigenvalue weighted by Gasteiger charge is -2.23. The van der Waals surface area contributed by atoms with Crippen LogP contribution in [-0.4, -0.2) is 22.2 Å². The maximum Gasteiger partial charge on any atom is 0.243 e. The number of aliphatic hydroxyl groups is 2. The maximum atomic E-state index is 9.34. The van der Waals surface area contributed by atoms with Crippen LogP contribution in [0.1, 0.15) is 71.6 Å². The lowest BCUT2D eigenvalue weighted by atomic mass is 10.1. The van der Waals surface area contributed by atoms with Crippen molar-refractivity contribution in [1.82, 2.24) is 5.32 Å². The van der Waals surface area contributed by atoms with E-state index in [1.54, 1.807) is 0 Å². The fraction of sp³-hybridized carbons (Fsp3) is 0.867. The Morgan fingerprint density at radius 2 is 1.56 bits per heavy atom. The summed E-state index contributed by atoms with van der Waals surface area (Å²) in [6.45, 7) is 7.57. The number of nitrogens with one attached hydrogen (secondary N) is 1. The number of hydrogen-bond acceptors (Lipinski definition) is 3. The van der Waals surface area contributed by atoms with Crippen molar-refractivity contribution < 1.29 is 10.2 Å². The Morgan fingerprint density at radius 3 is 2.06 bits per heavy atom. The fourth-order valence-electron chi connectivity index (χ4n) is 2.08. The molecule has 0 heterocycles. The van der Waals surface area contributed by atoms with Crippen LogP contribution in [0.25, 0.3) is 0 Å². The average Bonchev–Trinajstić information content (AvgIpc) is 2.32. The second-order valence-electron chi connectivity index (χ2n) is 5.24. The van der Waals surface area contributed by atoms with Crippen LogP contribution >= 0.6 is 0 Å². The third-order valence-electron chi connectivity index (χ3n) is 3.23. The van der Waals surface area contributed by atoms with E-state index in [4.69, 9.17) is 0 Å². The number of rotatable bonds is 12. The van der Waals surface area contributed by atoms with E-state index in [0.29, 0.717) is 0 Å². The molecular weight excluding hydrogens is 226 g/mol. The van der Waals surface area contributed by atoms with Crippen molar-refractivity contribution >= 4 is 0 Å². The van der Waals surface area contributed by atoms with Gasteiger partial charge in [0.15, 0.2) is 0 Å². The molecule has 108 valence electrons. The van der Waals surface area contributed by atoms with Crippen molar-refractivity contribution in [1.29, 1.82) is 0 Å². The summed E-state index contributed by atoms with van der Waals surface area (Å²) in [5, 5.41) is 21.4. The molecule has 0 amide bonds. The summed E-state index contributed by atoms with van der Waals surface area (Å²) >= 11 is 0. The highest BCUT2D eigenvalue weighted by Crippen LogP contribution is 2.11. The van der Waals surface area contributed by atoms with Crippen molar-refractivity contribution in [3.8, 4) is 0 Å². The highest BCUT2D eigenvalue weighted by molar-refractivity contribution is 4.85. The van der Waals surface area contributed by atoms with E-state index in [9.17, 15) is 10.2 Å². The van der Waals surface area contributed by atoms with Crippen molar-refractivity contribution in [2.75, 3.05) is 0 Å². The highest BCUT2D eigenvalue weighted by Gasteiger charge is 2.19. The van der Waals surface area contributed by atoms with Crippen LogP contribution in [0.4, 0.5) is 0 Å². The third kappa shape index (κ3) is 10.8. The molecular formula is C15H31NO2. The minimum absolute atomic E-state index is 0.0955. The molecule has 0 unspecified atom stereocenters. The van der Waals surface area contributed by atoms with E-state index in [1.165, 1.54) is 44.9 Å². The molecule has 0 rings (SSSR count). The zero-order chi connectivity index (χ0) is 13.9. The van der Waals surface area contributed by atoms with Crippen molar-refractivity contribution in [2.45, 2.75) is 83.6 Å². The lowest BCUT2D eigenvalue weighted by Crippen LogP contribution is -2.47. The van der Waals surface area contributed by atoms with Crippen LogP contribution in [0.2, 0.25) is 0 Å². The predicted molar refractivity (Wildman–Crippen MR) is 77.2 cm³/mol. The molecule has 0 radical (unpaired) electrons. The first-order chi connectivity index (χ1) is 8.52. The summed E-state index contributed by atoms with van der Waals surface area (Å²) in [7, 11) is 0. The summed E-state index contributed by atoms with van der Waals surface area (Å²) in [5.74, 6) is -1.93. The smallest absolute Gasteiger partial charge is 0.243 e. The zero-order valence-electron chi connectivity index (χ0n) is 12.1. The average molecular weight is 257 g/mol. The molecule has 0 aromatic rings. The molecule has 3 nitrogen and oxygen atoms in total. The minimum atomic E-state index is -1.93. The van der Waals surface area contributed by atoms with E-state index in [1.807, 2.05) is 6.92 Å². The highest BCUT2D eigenvalue weighted by atomic mass is 16.5. The Balaban J connectivity index is 3.35. The van der Waals surface area contributed by atoms with Gasteiger partial charge in [-0.25, -0.2) is 0 Å². The monoisotopic (exact) mass is 257 g/mol. The van der Waals surface area contributed by atoms with Gasteiger partial charge in [0.05, 0.1) is 0 Å². The van der Waals surface area contributed by atoms with E-state index >= 15 is 0 Å². The molecule has 0 bridgehead atoms. The lowest BCUT2D eigenvalue weighted by molar-refractivity contribution is -0.149. The molecule has 1 atom stereocenters. The van der Waals surface area contributed by atoms with Gasteiger partial charge in [-0.2, -0.15) is 0 Å². The summed E-state index contributed by atoms with van der Waals surface area (Å²) < 4.78 is 0. The van der Waals surface area contributed by atoms with Gasteiger partial charge in [-0.05, 0) is 19.4 Å². The largest absolute Gasteiger partial charge is 0.350 e. The Kier molecular flexibility index (Phi) is 10.3. The molecule has 0 fully saturated rings. The summed E-state index contributed by atoms with van der Waals surface area (Å²) in [4.78, 5) is 0. The van der Waals surface area contributed by atoms with Crippen LogP contribution < -0.4 is 5.32 Å². The van der Waals surface area contributed by atoms with E-state index in [0.717, 1.165) is 18.9 Å². The summed E-state index contributed by atoms with van der Waals surface area (Å²) in [6.07, 6.45) is 12.4. The van der Waals surface area contributed by atoms with Gasteiger partial charge in [0, 0.05) is 6.04 Å². The molecule has 0 aliphatic carbocycles. The molecule has 0 aromatic carbocycles. The van der Waals surface area contributed by atoms with E-state index in [2.05, 4.69) is 18.8 Å². The molecule has 3 heteroatoms. The molecule has 0 saturated carbocycles. The van der Waals surface area contributed by atoms with Crippen LogP contribution in [0.15, 0.2) is 12.7 Å². The Hall–Kier alpha value is -0.380. The Morgan fingerprint density at radius 1 is 1.06 bits per heavy atom. The zero-order valence-corrected chi connectivity index (χ0v) is 12.1. The van der Waals surface area contributed by atoms with Crippen molar-refractivity contribution in [3.05, 3.63) is 12.7 Å². The van der Waals surface area contributed by atoms with Crippen LogP contribution in [0.3, 0.4) is 0 Å². The second kappa shape index (κ2) is 10.5. The van der Waals surface area contributed by atoms with Gasteiger partial charge in [-0.15, -0.1) is 0 Å². The normalized spacial score (nSPS) is 13.6. The minimum Gasteiger partial charge on any atom is -0.350 e. The van der Waals surface area contributed by atoms with Gasteiger partial charge in [-0.1, -0.05) is 64.9 Å². The first-order valence-corrected chi connectivity index (χ1v) is 7.38. The van der Waals surface area contributed by atoms with Gasteiger partial charge in [0.2, 0.25) is 5.91 Å². The molecule has 0 spiro atoms. The van der Waals surface area contributed by atoms with Crippen molar-refractivity contribution in [3.63, 3.8) is 0 Å². The van der Waals surface area contributed by atoms with E-state index < -0.39 is 5.91 Å². The Labute approximate surface area is 112 Å². The first kappa shape index (κ1) is 17.6. The maximum absolute atomic E-state index is 9.34. The van der Waals surface area contributed by atoms with E-state index in [-0.39, 0.29) is 6.04 Å². The number of unbranched alkanes of at least 4 members (excludes halogenated alkanes) is 7. The molecule has 3 N–H and O–H groups in total. The fourth-order valence-corrected chi connectivity index (χ4v) is 2.08. The second-order valence-corrected chi connectivity index (χ2v) is 5.24. The Bertz CT molecular complexity index is 205. The van der Waals surface area contributed by atoms with Crippen LogP contribution in [-0.2, 0) is 0 Å². The van der Waals surface area contributed by atoms with Crippen molar-refractivity contribution in [2.24, 2.45) is 0 Å².